The Kier molecular flexibility index (Phi) is 1.67. The summed E-state index contributed by atoms with van der Waals surface area (Å²) in [5.74, 6) is 0.450. The molecule has 5 unspecified atom stereocenters. The standard InChI is InChI=1S/C8H14O3/c1-4-7(9)8(10-2)5-3-6(5)11-4/h4-9H,3H2,1-2H3. The zero-order chi connectivity index (χ0) is 8.01. The summed E-state index contributed by atoms with van der Waals surface area (Å²) in [6.07, 6.45) is 0.912. The Morgan fingerprint density at radius 1 is 1.55 bits per heavy atom. The third-order valence-corrected chi connectivity index (χ3v) is 2.68. The van der Waals surface area contributed by atoms with Crippen molar-refractivity contribution in [3.05, 3.63) is 0 Å². The smallest absolute Gasteiger partial charge is 0.106 e. The Morgan fingerprint density at radius 2 is 2.27 bits per heavy atom. The number of aliphatic hydroxyl groups is 1. The van der Waals surface area contributed by atoms with E-state index in [-0.39, 0.29) is 12.2 Å². The fourth-order valence-electron chi connectivity index (χ4n) is 1.88. The number of methoxy groups -OCH3 is 1. The van der Waals surface area contributed by atoms with E-state index in [9.17, 15) is 5.11 Å². The summed E-state index contributed by atoms with van der Waals surface area (Å²) in [4.78, 5) is 0. The molecule has 1 saturated heterocycles. The van der Waals surface area contributed by atoms with Crippen molar-refractivity contribution in [1.82, 2.24) is 0 Å². The lowest BCUT2D eigenvalue weighted by Gasteiger charge is -2.31. The summed E-state index contributed by atoms with van der Waals surface area (Å²) in [5.41, 5.74) is 0. The molecule has 1 aliphatic carbocycles. The third-order valence-electron chi connectivity index (χ3n) is 2.68. The van der Waals surface area contributed by atoms with Crippen LogP contribution in [0.2, 0.25) is 0 Å². The molecule has 0 aromatic carbocycles. The largest absolute Gasteiger partial charge is 0.388 e. The highest BCUT2D eigenvalue weighted by Gasteiger charge is 2.53. The molecule has 1 saturated carbocycles. The van der Waals surface area contributed by atoms with E-state index in [2.05, 4.69) is 0 Å². The van der Waals surface area contributed by atoms with Crippen molar-refractivity contribution in [3.63, 3.8) is 0 Å². The predicted octanol–water partition coefficient (Wildman–Crippen LogP) is 0.169. The quantitative estimate of drug-likeness (QED) is 0.591. The molecule has 64 valence electrons. The molecule has 2 fully saturated rings. The van der Waals surface area contributed by atoms with Gasteiger partial charge in [0.2, 0.25) is 0 Å². The van der Waals surface area contributed by atoms with Gasteiger partial charge in [0.1, 0.15) is 6.10 Å². The first-order valence-electron chi connectivity index (χ1n) is 4.10. The van der Waals surface area contributed by atoms with Gasteiger partial charge in [-0.2, -0.15) is 0 Å². The summed E-state index contributed by atoms with van der Waals surface area (Å²) in [6, 6.07) is 0. The second-order valence-corrected chi connectivity index (χ2v) is 3.47. The summed E-state index contributed by atoms with van der Waals surface area (Å²) in [6.45, 7) is 1.89. The van der Waals surface area contributed by atoms with E-state index in [1.807, 2.05) is 6.92 Å². The molecule has 0 spiro atoms. The molecule has 1 aliphatic heterocycles. The molecule has 2 rings (SSSR count). The van der Waals surface area contributed by atoms with Crippen LogP contribution < -0.4 is 0 Å². The molecular weight excluding hydrogens is 144 g/mol. The summed E-state index contributed by atoms with van der Waals surface area (Å²) < 4.78 is 10.7. The molecule has 1 heterocycles. The average Bonchev–Trinajstić information content (AvgIpc) is 2.69. The maximum absolute atomic E-state index is 9.58. The van der Waals surface area contributed by atoms with E-state index in [1.54, 1.807) is 7.11 Å². The van der Waals surface area contributed by atoms with Crippen molar-refractivity contribution < 1.29 is 14.6 Å². The van der Waals surface area contributed by atoms with Crippen LogP contribution in [-0.2, 0) is 9.47 Å². The van der Waals surface area contributed by atoms with Crippen LogP contribution >= 0.6 is 0 Å². The van der Waals surface area contributed by atoms with Crippen LogP contribution in [0.5, 0.6) is 0 Å². The molecule has 0 amide bonds. The van der Waals surface area contributed by atoms with Gasteiger partial charge in [0.25, 0.3) is 0 Å². The van der Waals surface area contributed by atoms with Crippen molar-refractivity contribution >= 4 is 0 Å². The highest BCUT2D eigenvalue weighted by molar-refractivity contribution is 5.02. The van der Waals surface area contributed by atoms with E-state index in [1.165, 1.54) is 0 Å². The Bertz CT molecular complexity index is 159. The maximum atomic E-state index is 9.58. The minimum Gasteiger partial charge on any atom is -0.388 e. The lowest BCUT2D eigenvalue weighted by atomic mass is 10.0. The first kappa shape index (κ1) is 7.53. The van der Waals surface area contributed by atoms with Gasteiger partial charge >= 0.3 is 0 Å². The van der Waals surface area contributed by atoms with Gasteiger partial charge < -0.3 is 14.6 Å². The Balaban J connectivity index is 2.05. The predicted molar refractivity (Wildman–Crippen MR) is 39.2 cm³/mol. The molecule has 3 nitrogen and oxygen atoms in total. The summed E-state index contributed by atoms with van der Waals surface area (Å²) in [5, 5.41) is 9.58. The van der Waals surface area contributed by atoms with Crippen LogP contribution in [0.1, 0.15) is 13.3 Å². The van der Waals surface area contributed by atoms with Crippen LogP contribution in [-0.4, -0.2) is 36.6 Å². The van der Waals surface area contributed by atoms with E-state index >= 15 is 0 Å². The Morgan fingerprint density at radius 3 is 2.91 bits per heavy atom. The second kappa shape index (κ2) is 2.44. The van der Waals surface area contributed by atoms with Crippen LogP contribution in [0.4, 0.5) is 0 Å². The topological polar surface area (TPSA) is 38.7 Å². The maximum Gasteiger partial charge on any atom is 0.106 e. The van der Waals surface area contributed by atoms with Crippen LogP contribution in [0.25, 0.3) is 0 Å². The highest BCUT2D eigenvalue weighted by Crippen LogP contribution is 2.44. The van der Waals surface area contributed by atoms with Crippen molar-refractivity contribution in [3.8, 4) is 0 Å². The van der Waals surface area contributed by atoms with Gasteiger partial charge in [0, 0.05) is 13.0 Å². The van der Waals surface area contributed by atoms with Crippen molar-refractivity contribution in [2.45, 2.75) is 37.8 Å². The van der Waals surface area contributed by atoms with Crippen LogP contribution in [0.15, 0.2) is 0 Å². The first-order chi connectivity index (χ1) is 5.24. The summed E-state index contributed by atoms with van der Waals surface area (Å²) in [7, 11) is 1.65. The fourth-order valence-corrected chi connectivity index (χ4v) is 1.88. The zero-order valence-electron chi connectivity index (χ0n) is 6.86. The van der Waals surface area contributed by atoms with E-state index < -0.39 is 6.10 Å². The number of rotatable bonds is 1. The molecule has 0 radical (unpaired) electrons. The van der Waals surface area contributed by atoms with E-state index in [4.69, 9.17) is 9.47 Å². The summed E-state index contributed by atoms with van der Waals surface area (Å²) >= 11 is 0. The molecular formula is C8H14O3. The fraction of sp³-hybridized carbons (Fsp3) is 1.00. The molecule has 11 heavy (non-hydrogen) atoms. The van der Waals surface area contributed by atoms with Crippen LogP contribution in [0.3, 0.4) is 0 Å². The van der Waals surface area contributed by atoms with Gasteiger partial charge in [-0.1, -0.05) is 0 Å². The second-order valence-electron chi connectivity index (χ2n) is 3.47. The van der Waals surface area contributed by atoms with E-state index in [0.29, 0.717) is 12.0 Å². The Hall–Kier alpha value is -0.120. The third kappa shape index (κ3) is 1.08. The van der Waals surface area contributed by atoms with Gasteiger partial charge in [0.15, 0.2) is 0 Å². The van der Waals surface area contributed by atoms with Gasteiger partial charge in [-0.25, -0.2) is 0 Å². The lowest BCUT2D eigenvalue weighted by Crippen LogP contribution is -2.44. The van der Waals surface area contributed by atoms with E-state index in [0.717, 1.165) is 6.42 Å². The zero-order valence-corrected chi connectivity index (χ0v) is 6.86. The molecule has 0 aromatic heterocycles. The number of fused-ring (bicyclic) bond motifs is 1. The van der Waals surface area contributed by atoms with Crippen molar-refractivity contribution in [2.24, 2.45) is 5.92 Å². The van der Waals surface area contributed by atoms with Crippen molar-refractivity contribution in [1.29, 1.82) is 0 Å². The number of aliphatic hydroxyl groups excluding tert-OH is 1. The molecule has 1 N–H and O–H groups in total. The van der Waals surface area contributed by atoms with Gasteiger partial charge in [-0.05, 0) is 13.3 Å². The molecule has 0 bridgehead atoms. The number of ether oxygens (including phenoxy) is 2. The minimum absolute atomic E-state index is 0.00347. The van der Waals surface area contributed by atoms with Gasteiger partial charge in [0.05, 0.1) is 18.3 Å². The first-order valence-corrected chi connectivity index (χ1v) is 4.10. The number of hydrogen-bond donors (Lipinski definition) is 1. The average molecular weight is 158 g/mol. The molecule has 5 atom stereocenters. The highest BCUT2D eigenvalue weighted by atomic mass is 16.5. The monoisotopic (exact) mass is 158 g/mol. The molecule has 3 heteroatoms. The number of hydrogen-bond acceptors (Lipinski definition) is 3. The van der Waals surface area contributed by atoms with Gasteiger partial charge in [-0.3, -0.25) is 0 Å². The van der Waals surface area contributed by atoms with Crippen molar-refractivity contribution in [2.75, 3.05) is 7.11 Å². The normalized spacial score (nSPS) is 55.4. The SMILES string of the molecule is COC1C(O)C(C)OC2CC21. The molecule has 0 aromatic rings. The van der Waals surface area contributed by atoms with Gasteiger partial charge in [-0.15, -0.1) is 0 Å². The lowest BCUT2D eigenvalue weighted by molar-refractivity contribution is -0.143. The van der Waals surface area contributed by atoms with Crippen LogP contribution in [0, 0.1) is 5.92 Å². The minimum atomic E-state index is -0.441. The Labute approximate surface area is 66.3 Å². The molecule has 2 aliphatic rings.